The Balaban J connectivity index is 2.26. The highest BCUT2D eigenvalue weighted by atomic mass is 32.2. The predicted molar refractivity (Wildman–Crippen MR) is 60.4 cm³/mol. The summed E-state index contributed by atoms with van der Waals surface area (Å²) in [6.07, 6.45) is 7.05. The molecule has 14 heavy (non-hydrogen) atoms. The van der Waals surface area contributed by atoms with E-state index in [1.165, 1.54) is 0 Å². The third-order valence-electron chi connectivity index (χ3n) is 1.58. The van der Waals surface area contributed by atoms with Crippen LogP contribution in [-0.4, -0.2) is 28.3 Å². The summed E-state index contributed by atoms with van der Waals surface area (Å²) in [7, 11) is 0. The number of hydrogen-bond acceptors (Lipinski definition) is 4. The van der Waals surface area contributed by atoms with Crippen LogP contribution in [0.25, 0.3) is 0 Å². The largest absolute Gasteiger partial charge is 0.312 e. The third kappa shape index (κ3) is 4.39. The molecule has 1 aromatic rings. The molecule has 1 unspecified atom stereocenters. The Morgan fingerprint density at radius 1 is 1.64 bits per heavy atom. The van der Waals surface area contributed by atoms with E-state index in [4.69, 9.17) is 0 Å². The first-order chi connectivity index (χ1) is 6.83. The van der Waals surface area contributed by atoms with Crippen molar-refractivity contribution in [2.75, 3.05) is 13.1 Å². The van der Waals surface area contributed by atoms with Crippen molar-refractivity contribution < 1.29 is 0 Å². The normalized spacial score (nSPS) is 12.4. The summed E-state index contributed by atoms with van der Waals surface area (Å²) >= 11 is 1.72. The monoisotopic (exact) mass is 209 g/mol. The maximum absolute atomic E-state index is 4.20. The summed E-state index contributed by atoms with van der Waals surface area (Å²) in [5, 5.41) is 4.73. The second-order valence-corrected chi connectivity index (χ2v) is 4.38. The molecule has 0 aliphatic heterocycles. The van der Waals surface area contributed by atoms with Gasteiger partial charge in [-0.2, -0.15) is 0 Å². The van der Waals surface area contributed by atoms with E-state index in [9.17, 15) is 0 Å². The van der Waals surface area contributed by atoms with Crippen LogP contribution in [0.2, 0.25) is 0 Å². The van der Waals surface area contributed by atoms with Crippen LogP contribution in [0.15, 0.2) is 36.3 Å². The molecule has 3 nitrogen and oxygen atoms in total. The SMILES string of the molecule is C=CCNCC(C)Sc1cnccn1. The van der Waals surface area contributed by atoms with Gasteiger partial charge in [0, 0.05) is 30.7 Å². The van der Waals surface area contributed by atoms with Gasteiger partial charge in [0.1, 0.15) is 5.03 Å². The molecule has 0 aliphatic rings. The second-order valence-electron chi connectivity index (χ2n) is 2.92. The number of nitrogens with zero attached hydrogens (tertiary/aromatic N) is 2. The van der Waals surface area contributed by atoms with Crippen molar-refractivity contribution in [3.8, 4) is 0 Å². The van der Waals surface area contributed by atoms with E-state index in [2.05, 4.69) is 28.8 Å². The molecule has 76 valence electrons. The molecule has 1 heterocycles. The lowest BCUT2D eigenvalue weighted by Crippen LogP contribution is -2.22. The summed E-state index contributed by atoms with van der Waals surface area (Å²) in [5.74, 6) is 0. The molecular weight excluding hydrogens is 194 g/mol. The van der Waals surface area contributed by atoms with Gasteiger partial charge in [0.05, 0.1) is 6.20 Å². The van der Waals surface area contributed by atoms with Crippen LogP contribution in [0.5, 0.6) is 0 Å². The first-order valence-corrected chi connectivity index (χ1v) is 5.45. The lowest BCUT2D eigenvalue weighted by Gasteiger charge is -2.09. The second kappa shape index (κ2) is 6.56. The topological polar surface area (TPSA) is 37.8 Å². The summed E-state index contributed by atoms with van der Waals surface area (Å²) in [6, 6.07) is 0. The summed E-state index contributed by atoms with van der Waals surface area (Å²) < 4.78 is 0. The summed E-state index contributed by atoms with van der Waals surface area (Å²) in [5.41, 5.74) is 0. The molecule has 4 heteroatoms. The van der Waals surface area contributed by atoms with E-state index in [1.54, 1.807) is 30.4 Å². The smallest absolute Gasteiger partial charge is 0.115 e. The quantitative estimate of drug-likeness (QED) is 0.440. The zero-order valence-electron chi connectivity index (χ0n) is 8.31. The summed E-state index contributed by atoms with van der Waals surface area (Å²) in [6.45, 7) is 7.62. The lowest BCUT2D eigenvalue weighted by molar-refractivity contribution is 0.739. The van der Waals surface area contributed by atoms with Crippen LogP contribution in [0, 0.1) is 0 Å². The molecule has 0 bridgehead atoms. The average Bonchev–Trinajstić information content (AvgIpc) is 2.20. The van der Waals surface area contributed by atoms with Crippen LogP contribution in [-0.2, 0) is 0 Å². The van der Waals surface area contributed by atoms with E-state index < -0.39 is 0 Å². The van der Waals surface area contributed by atoms with Crippen LogP contribution >= 0.6 is 11.8 Å². The van der Waals surface area contributed by atoms with Gasteiger partial charge in [0.2, 0.25) is 0 Å². The van der Waals surface area contributed by atoms with E-state index in [-0.39, 0.29) is 0 Å². The van der Waals surface area contributed by atoms with Crippen molar-refractivity contribution in [3.05, 3.63) is 31.2 Å². The van der Waals surface area contributed by atoms with E-state index in [1.807, 2.05) is 6.08 Å². The molecule has 1 N–H and O–H groups in total. The Hall–Kier alpha value is -0.870. The van der Waals surface area contributed by atoms with Gasteiger partial charge in [-0.3, -0.25) is 4.98 Å². The van der Waals surface area contributed by atoms with Crippen LogP contribution in [0.3, 0.4) is 0 Å². The minimum Gasteiger partial charge on any atom is -0.312 e. The number of aromatic nitrogens is 2. The van der Waals surface area contributed by atoms with Gasteiger partial charge >= 0.3 is 0 Å². The average molecular weight is 209 g/mol. The first-order valence-electron chi connectivity index (χ1n) is 4.57. The maximum atomic E-state index is 4.20. The Kier molecular flexibility index (Phi) is 5.25. The Bertz CT molecular complexity index is 263. The molecular formula is C10H15N3S. The number of nitrogens with one attached hydrogen (secondary N) is 1. The van der Waals surface area contributed by atoms with Gasteiger partial charge < -0.3 is 5.32 Å². The van der Waals surface area contributed by atoms with Crippen molar-refractivity contribution in [2.45, 2.75) is 17.2 Å². The maximum Gasteiger partial charge on any atom is 0.115 e. The van der Waals surface area contributed by atoms with Gasteiger partial charge in [-0.25, -0.2) is 4.98 Å². The highest BCUT2D eigenvalue weighted by Crippen LogP contribution is 2.18. The molecule has 1 rings (SSSR count). The molecule has 0 fully saturated rings. The number of thioether (sulfide) groups is 1. The van der Waals surface area contributed by atoms with Gasteiger partial charge in [-0.1, -0.05) is 13.0 Å². The summed E-state index contributed by atoms with van der Waals surface area (Å²) in [4.78, 5) is 8.21. The zero-order chi connectivity index (χ0) is 10.2. The van der Waals surface area contributed by atoms with Crippen LogP contribution < -0.4 is 5.32 Å². The fourth-order valence-corrected chi connectivity index (χ4v) is 1.84. The van der Waals surface area contributed by atoms with E-state index in [0.29, 0.717) is 5.25 Å². The minimum atomic E-state index is 0.492. The molecule has 0 aromatic carbocycles. The van der Waals surface area contributed by atoms with Gasteiger partial charge in [0.15, 0.2) is 0 Å². The highest BCUT2D eigenvalue weighted by molar-refractivity contribution is 7.99. The molecule has 0 spiro atoms. The van der Waals surface area contributed by atoms with Crippen molar-refractivity contribution >= 4 is 11.8 Å². The number of rotatable bonds is 6. The fourth-order valence-electron chi connectivity index (χ4n) is 0.983. The Labute approximate surface area is 89.0 Å². The minimum absolute atomic E-state index is 0.492. The third-order valence-corrected chi connectivity index (χ3v) is 2.60. The fraction of sp³-hybridized carbons (Fsp3) is 0.400. The van der Waals surface area contributed by atoms with Crippen molar-refractivity contribution in [1.82, 2.24) is 15.3 Å². The molecule has 0 radical (unpaired) electrons. The Morgan fingerprint density at radius 2 is 2.50 bits per heavy atom. The van der Waals surface area contributed by atoms with Crippen LogP contribution in [0.4, 0.5) is 0 Å². The molecule has 0 saturated carbocycles. The number of hydrogen-bond donors (Lipinski definition) is 1. The lowest BCUT2D eigenvalue weighted by atomic mass is 10.4. The van der Waals surface area contributed by atoms with Crippen molar-refractivity contribution in [3.63, 3.8) is 0 Å². The Morgan fingerprint density at radius 3 is 3.14 bits per heavy atom. The van der Waals surface area contributed by atoms with Gasteiger partial charge in [-0.05, 0) is 0 Å². The van der Waals surface area contributed by atoms with Crippen molar-refractivity contribution in [1.29, 1.82) is 0 Å². The molecule has 0 saturated heterocycles. The standard InChI is InChI=1S/C10H15N3S/c1-3-4-11-7-9(2)14-10-8-12-5-6-13-10/h3,5-6,8-9,11H,1,4,7H2,2H3. The van der Waals surface area contributed by atoms with E-state index >= 15 is 0 Å². The first kappa shape index (κ1) is 11.2. The van der Waals surface area contributed by atoms with Gasteiger partial charge in [-0.15, -0.1) is 18.3 Å². The molecule has 0 amide bonds. The molecule has 1 aromatic heterocycles. The van der Waals surface area contributed by atoms with E-state index in [0.717, 1.165) is 18.1 Å². The van der Waals surface area contributed by atoms with Crippen LogP contribution in [0.1, 0.15) is 6.92 Å². The van der Waals surface area contributed by atoms with Gasteiger partial charge in [0.25, 0.3) is 0 Å². The van der Waals surface area contributed by atoms with Crippen molar-refractivity contribution in [2.24, 2.45) is 0 Å². The highest BCUT2D eigenvalue weighted by Gasteiger charge is 2.03. The predicted octanol–water partition coefficient (Wildman–Crippen LogP) is 1.73. The molecule has 0 aliphatic carbocycles. The zero-order valence-corrected chi connectivity index (χ0v) is 9.13. The molecule has 1 atom stereocenters.